The number of amides is 2. The van der Waals surface area contributed by atoms with Crippen molar-refractivity contribution in [1.82, 2.24) is 5.32 Å². The number of carbonyl (C=O) groups is 3. The van der Waals surface area contributed by atoms with Crippen molar-refractivity contribution in [2.45, 2.75) is 6.54 Å². The molecule has 0 atom stereocenters. The predicted molar refractivity (Wildman–Crippen MR) is 91.3 cm³/mol. The molecule has 130 valence electrons. The molecule has 2 aromatic rings. The van der Waals surface area contributed by atoms with Crippen LogP contribution >= 0.6 is 0 Å². The van der Waals surface area contributed by atoms with Gasteiger partial charge in [-0.25, -0.2) is 4.79 Å². The second-order valence-electron chi connectivity index (χ2n) is 4.99. The summed E-state index contributed by atoms with van der Waals surface area (Å²) in [6, 6.07) is 13.4. The lowest BCUT2D eigenvalue weighted by Crippen LogP contribution is -2.35. The van der Waals surface area contributed by atoms with Gasteiger partial charge in [-0.1, -0.05) is 30.3 Å². The predicted octanol–water partition coefficient (Wildman–Crippen LogP) is 1.74. The molecule has 0 unspecified atom stereocenters. The molecule has 2 rings (SSSR count). The maximum absolute atomic E-state index is 12.0. The van der Waals surface area contributed by atoms with E-state index in [9.17, 15) is 14.4 Å². The molecule has 2 N–H and O–H groups in total. The standard InChI is InChI=1S/C18H18N2O5/c1-24-15-10-6-3-7-12(15)11-19-16(21)17(22)20-14-9-5-4-8-13(14)18(23)25-2/h3-10H,11H2,1-2H3,(H,19,21)(H,20,22). The molecule has 0 bridgehead atoms. The maximum Gasteiger partial charge on any atom is 0.339 e. The summed E-state index contributed by atoms with van der Waals surface area (Å²) in [5, 5.41) is 4.92. The average Bonchev–Trinajstić information content (AvgIpc) is 2.66. The number of carbonyl (C=O) groups excluding carboxylic acids is 3. The molecule has 0 aliphatic rings. The second kappa shape index (κ2) is 8.49. The molecule has 0 saturated heterocycles. The highest BCUT2D eigenvalue weighted by Gasteiger charge is 2.18. The Morgan fingerprint density at radius 1 is 0.920 bits per heavy atom. The maximum atomic E-state index is 12.0. The summed E-state index contributed by atoms with van der Waals surface area (Å²) in [7, 11) is 2.76. The minimum absolute atomic E-state index is 0.134. The van der Waals surface area contributed by atoms with Gasteiger partial charge in [-0.2, -0.15) is 0 Å². The molecule has 7 heteroatoms. The highest BCUT2D eigenvalue weighted by Crippen LogP contribution is 2.17. The smallest absolute Gasteiger partial charge is 0.339 e. The van der Waals surface area contributed by atoms with Gasteiger partial charge in [-0.3, -0.25) is 9.59 Å². The number of para-hydroxylation sites is 2. The summed E-state index contributed by atoms with van der Waals surface area (Å²) >= 11 is 0. The average molecular weight is 342 g/mol. The first kappa shape index (κ1) is 18.0. The molecule has 25 heavy (non-hydrogen) atoms. The summed E-state index contributed by atoms with van der Waals surface area (Å²) in [6.07, 6.45) is 0. The lowest BCUT2D eigenvalue weighted by Gasteiger charge is -2.11. The van der Waals surface area contributed by atoms with Gasteiger partial charge in [0.05, 0.1) is 25.5 Å². The molecule has 0 aliphatic heterocycles. The summed E-state index contributed by atoms with van der Waals surface area (Å²) in [4.78, 5) is 35.7. The Labute approximate surface area is 144 Å². The van der Waals surface area contributed by atoms with E-state index in [4.69, 9.17) is 4.74 Å². The van der Waals surface area contributed by atoms with Crippen LogP contribution in [0.1, 0.15) is 15.9 Å². The SMILES string of the molecule is COC(=O)c1ccccc1NC(=O)C(=O)NCc1ccccc1OC. The van der Waals surface area contributed by atoms with Gasteiger partial charge in [0.25, 0.3) is 0 Å². The number of anilines is 1. The van der Waals surface area contributed by atoms with E-state index in [1.807, 2.05) is 0 Å². The number of rotatable bonds is 5. The van der Waals surface area contributed by atoms with Crippen molar-refractivity contribution >= 4 is 23.5 Å². The quantitative estimate of drug-likeness (QED) is 0.638. The van der Waals surface area contributed by atoms with Crippen LogP contribution < -0.4 is 15.4 Å². The fourth-order valence-electron chi connectivity index (χ4n) is 2.16. The Hall–Kier alpha value is -3.35. The van der Waals surface area contributed by atoms with Crippen LogP contribution in [0, 0.1) is 0 Å². The number of ether oxygens (including phenoxy) is 2. The zero-order chi connectivity index (χ0) is 18.2. The first-order chi connectivity index (χ1) is 12.1. The summed E-state index contributed by atoms with van der Waals surface area (Å²) in [5.74, 6) is -1.71. The van der Waals surface area contributed by atoms with Crippen molar-refractivity contribution in [2.75, 3.05) is 19.5 Å². The Kier molecular flexibility index (Phi) is 6.11. The van der Waals surface area contributed by atoms with Crippen molar-refractivity contribution in [3.05, 3.63) is 59.7 Å². The molecule has 0 saturated carbocycles. The van der Waals surface area contributed by atoms with E-state index < -0.39 is 17.8 Å². The summed E-state index contributed by atoms with van der Waals surface area (Å²) < 4.78 is 9.83. The van der Waals surface area contributed by atoms with Gasteiger partial charge in [0, 0.05) is 12.1 Å². The van der Waals surface area contributed by atoms with Crippen molar-refractivity contribution in [1.29, 1.82) is 0 Å². The van der Waals surface area contributed by atoms with Gasteiger partial charge < -0.3 is 20.1 Å². The van der Waals surface area contributed by atoms with E-state index in [1.54, 1.807) is 36.4 Å². The summed E-state index contributed by atoms with van der Waals surface area (Å²) in [5.41, 5.74) is 1.10. The van der Waals surface area contributed by atoms with Crippen LogP contribution in [0.5, 0.6) is 5.75 Å². The molecule has 0 aromatic heterocycles. The van der Waals surface area contributed by atoms with Gasteiger partial charge in [-0.15, -0.1) is 0 Å². The first-order valence-corrected chi connectivity index (χ1v) is 7.45. The normalized spacial score (nSPS) is 9.84. The van der Waals surface area contributed by atoms with Crippen LogP contribution in [0.3, 0.4) is 0 Å². The molecule has 0 aliphatic carbocycles. The zero-order valence-electron chi connectivity index (χ0n) is 13.9. The highest BCUT2D eigenvalue weighted by molar-refractivity contribution is 6.39. The van der Waals surface area contributed by atoms with E-state index in [0.717, 1.165) is 5.56 Å². The van der Waals surface area contributed by atoms with Crippen LogP contribution in [0.15, 0.2) is 48.5 Å². The molecule has 2 aromatic carbocycles. The van der Waals surface area contributed by atoms with Crippen LogP contribution in [0.25, 0.3) is 0 Å². The lowest BCUT2D eigenvalue weighted by atomic mass is 10.1. The molecule has 0 spiro atoms. The summed E-state index contributed by atoms with van der Waals surface area (Å²) in [6.45, 7) is 0.134. The van der Waals surface area contributed by atoms with Crippen molar-refractivity contribution in [2.24, 2.45) is 0 Å². The topological polar surface area (TPSA) is 93.7 Å². The molecule has 7 nitrogen and oxygen atoms in total. The van der Waals surface area contributed by atoms with Crippen LogP contribution in [-0.4, -0.2) is 32.0 Å². The van der Waals surface area contributed by atoms with E-state index in [2.05, 4.69) is 15.4 Å². The van der Waals surface area contributed by atoms with E-state index >= 15 is 0 Å². The Morgan fingerprint density at radius 3 is 2.32 bits per heavy atom. The van der Waals surface area contributed by atoms with Gasteiger partial charge in [0.2, 0.25) is 0 Å². The van der Waals surface area contributed by atoms with Crippen molar-refractivity contribution in [3.63, 3.8) is 0 Å². The van der Waals surface area contributed by atoms with E-state index in [0.29, 0.717) is 5.75 Å². The van der Waals surface area contributed by atoms with Crippen LogP contribution in [0.4, 0.5) is 5.69 Å². The van der Waals surface area contributed by atoms with E-state index in [-0.39, 0.29) is 17.8 Å². The number of methoxy groups -OCH3 is 2. The molecule has 0 fully saturated rings. The van der Waals surface area contributed by atoms with Crippen LogP contribution in [0.2, 0.25) is 0 Å². The van der Waals surface area contributed by atoms with Gasteiger partial charge >= 0.3 is 17.8 Å². The zero-order valence-corrected chi connectivity index (χ0v) is 13.9. The Morgan fingerprint density at radius 2 is 1.60 bits per heavy atom. The third kappa shape index (κ3) is 4.57. The molecular weight excluding hydrogens is 324 g/mol. The Balaban J connectivity index is 2.02. The minimum Gasteiger partial charge on any atom is -0.496 e. The first-order valence-electron chi connectivity index (χ1n) is 7.45. The molecular formula is C18H18N2O5. The largest absolute Gasteiger partial charge is 0.496 e. The second-order valence-corrected chi connectivity index (χ2v) is 4.99. The number of nitrogens with one attached hydrogen (secondary N) is 2. The third-order valence-corrected chi connectivity index (χ3v) is 3.42. The highest BCUT2D eigenvalue weighted by atomic mass is 16.5. The number of esters is 1. The minimum atomic E-state index is -0.883. The van der Waals surface area contributed by atoms with Gasteiger partial charge in [-0.05, 0) is 18.2 Å². The fourth-order valence-corrected chi connectivity index (χ4v) is 2.16. The van der Waals surface area contributed by atoms with E-state index in [1.165, 1.54) is 26.4 Å². The van der Waals surface area contributed by atoms with Gasteiger partial charge in [0.1, 0.15) is 5.75 Å². The number of hydrogen-bond acceptors (Lipinski definition) is 5. The molecule has 0 radical (unpaired) electrons. The monoisotopic (exact) mass is 342 g/mol. The molecule has 0 heterocycles. The lowest BCUT2D eigenvalue weighted by molar-refractivity contribution is -0.136. The third-order valence-electron chi connectivity index (χ3n) is 3.42. The molecule has 2 amide bonds. The van der Waals surface area contributed by atoms with Gasteiger partial charge in [0.15, 0.2) is 0 Å². The van der Waals surface area contributed by atoms with Crippen LogP contribution in [-0.2, 0) is 20.9 Å². The van der Waals surface area contributed by atoms with Crippen molar-refractivity contribution in [3.8, 4) is 5.75 Å². The van der Waals surface area contributed by atoms with Crippen molar-refractivity contribution < 1.29 is 23.9 Å². The number of benzene rings is 2. The Bertz CT molecular complexity index is 789. The fraction of sp³-hybridized carbons (Fsp3) is 0.167. The number of hydrogen-bond donors (Lipinski definition) is 2.